The van der Waals surface area contributed by atoms with E-state index in [4.69, 9.17) is 16.3 Å². The first-order valence-electron chi connectivity index (χ1n) is 9.41. The van der Waals surface area contributed by atoms with Gasteiger partial charge in [0.2, 0.25) is 0 Å². The second-order valence-electron chi connectivity index (χ2n) is 6.79. The monoisotopic (exact) mass is 414 g/mol. The maximum Gasteiger partial charge on any atom is 0.256 e. The number of ether oxygens (including phenoxy) is 1. The van der Waals surface area contributed by atoms with Gasteiger partial charge in [-0.1, -0.05) is 23.7 Å². The third-order valence-corrected chi connectivity index (χ3v) is 5.24. The first-order valence-corrected chi connectivity index (χ1v) is 9.79. The molecule has 150 valence electrons. The van der Waals surface area contributed by atoms with E-state index in [0.29, 0.717) is 41.5 Å². The van der Waals surface area contributed by atoms with Gasteiger partial charge in [0.15, 0.2) is 0 Å². The van der Waals surface area contributed by atoms with Crippen molar-refractivity contribution in [2.75, 3.05) is 39.3 Å². The molecule has 1 aliphatic heterocycles. The summed E-state index contributed by atoms with van der Waals surface area (Å²) in [4.78, 5) is 25.2. The van der Waals surface area contributed by atoms with Gasteiger partial charge in [-0.2, -0.15) is 0 Å². The van der Waals surface area contributed by atoms with Crippen molar-refractivity contribution >= 4 is 28.5 Å². The Morgan fingerprint density at radius 1 is 1.10 bits per heavy atom. The summed E-state index contributed by atoms with van der Waals surface area (Å²) in [5.41, 5.74) is 1.06. The van der Waals surface area contributed by atoms with Gasteiger partial charge < -0.3 is 9.64 Å². The van der Waals surface area contributed by atoms with Gasteiger partial charge in [-0.05, 0) is 18.2 Å². The molecule has 0 spiro atoms. The quantitative estimate of drug-likeness (QED) is 0.641. The molecule has 1 aromatic heterocycles. The van der Waals surface area contributed by atoms with E-state index in [0.717, 1.165) is 19.6 Å². The number of benzene rings is 2. The SMILES string of the molecule is O=C(c1cc(F)cc2nccnc12)N1CCN(CCOc2ccccc2Cl)CC1. The molecule has 1 fully saturated rings. The molecule has 2 heterocycles. The number of hydrogen-bond donors (Lipinski definition) is 0. The lowest BCUT2D eigenvalue weighted by molar-refractivity contribution is 0.0621. The molecular weight excluding hydrogens is 395 g/mol. The molecule has 3 aromatic rings. The molecule has 0 unspecified atom stereocenters. The Labute approximate surface area is 172 Å². The van der Waals surface area contributed by atoms with E-state index in [-0.39, 0.29) is 11.5 Å². The molecule has 29 heavy (non-hydrogen) atoms. The van der Waals surface area contributed by atoms with Crippen molar-refractivity contribution in [2.24, 2.45) is 0 Å². The summed E-state index contributed by atoms with van der Waals surface area (Å²) in [7, 11) is 0. The molecule has 2 aromatic carbocycles. The number of carbonyl (C=O) groups is 1. The van der Waals surface area contributed by atoms with Crippen LogP contribution in [0, 0.1) is 5.82 Å². The Kier molecular flexibility index (Phi) is 5.87. The Bertz CT molecular complexity index is 1020. The highest BCUT2D eigenvalue weighted by Gasteiger charge is 2.24. The van der Waals surface area contributed by atoms with Gasteiger partial charge >= 0.3 is 0 Å². The lowest BCUT2D eigenvalue weighted by atomic mass is 10.1. The zero-order valence-electron chi connectivity index (χ0n) is 15.7. The lowest BCUT2D eigenvalue weighted by Crippen LogP contribution is -2.49. The van der Waals surface area contributed by atoms with Gasteiger partial charge in [-0.3, -0.25) is 19.7 Å². The van der Waals surface area contributed by atoms with Crippen molar-refractivity contribution in [1.82, 2.24) is 19.8 Å². The maximum absolute atomic E-state index is 13.9. The second kappa shape index (κ2) is 8.71. The van der Waals surface area contributed by atoms with Crippen molar-refractivity contribution in [3.63, 3.8) is 0 Å². The molecule has 1 amide bonds. The minimum Gasteiger partial charge on any atom is -0.491 e. The van der Waals surface area contributed by atoms with Crippen LogP contribution in [0.3, 0.4) is 0 Å². The normalized spacial score (nSPS) is 14.9. The summed E-state index contributed by atoms with van der Waals surface area (Å²) in [5, 5.41) is 0.591. The van der Waals surface area contributed by atoms with Crippen LogP contribution >= 0.6 is 11.6 Å². The highest BCUT2D eigenvalue weighted by atomic mass is 35.5. The van der Waals surface area contributed by atoms with Crippen molar-refractivity contribution < 1.29 is 13.9 Å². The first-order chi connectivity index (χ1) is 14.1. The van der Waals surface area contributed by atoms with E-state index in [9.17, 15) is 9.18 Å². The number of amides is 1. The Morgan fingerprint density at radius 2 is 1.86 bits per heavy atom. The third-order valence-electron chi connectivity index (χ3n) is 4.93. The minimum atomic E-state index is -0.489. The van der Waals surface area contributed by atoms with E-state index in [1.165, 1.54) is 24.5 Å². The second-order valence-corrected chi connectivity index (χ2v) is 7.20. The molecule has 1 saturated heterocycles. The highest BCUT2D eigenvalue weighted by Crippen LogP contribution is 2.23. The van der Waals surface area contributed by atoms with E-state index in [1.807, 2.05) is 18.2 Å². The van der Waals surface area contributed by atoms with Gasteiger partial charge in [0.05, 0.1) is 16.1 Å². The Hall–Kier alpha value is -2.77. The highest BCUT2D eigenvalue weighted by molar-refractivity contribution is 6.32. The smallest absolute Gasteiger partial charge is 0.256 e. The van der Waals surface area contributed by atoms with Crippen LogP contribution in [-0.4, -0.2) is 65.0 Å². The van der Waals surface area contributed by atoms with Gasteiger partial charge in [-0.25, -0.2) is 4.39 Å². The van der Waals surface area contributed by atoms with Crippen molar-refractivity contribution in [3.05, 3.63) is 65.2 Å². The average Bonchev–Trinajstić information content (AvgIpc) is 2.74. The van der Waals surface area contributed by atoms with Gasteiger partial charge in [-0.15, -0.1) is 0 Å². The Morgan fingerprint density at radius 3 is 2.66 bits per heavy atom. The van der Waals surface area contributed by atoms with Gasteiger partial charge in [0.1, 0.15) is 23.7 Å². The van der Waals surface area contributed by atoms with Crippen LogP contribution in [0.25, 0.3) is 11.0 Å². The molecule has 4 rings (SSSR count). The zero-order chi connectivity index (χ0) is 20.2. The van der Waals surface area contributed by atoms with Crippen molar-refractivity contribution in [1.29, 1.82) is 0 Å². The molecule has 6 nitrogen and oxygen atoms in total. The number of fused-ring (bicyclic) bond motifs is 1. The van der Waals surface area contributed by atoms with Crippen LogP contribution in [0.1, 0.15) is 10.4 Å². The number of rotatable bonds is 5. The number of carbonyl (C=O) groups excluding carboxylic acids is 1. The summed E-state index contributed by atoms with van der Waals surface area (Å²) in [6.45, 7) is 3.81. The third kappa shape index (κ3) is 4.46. The molecule has 0 aliphatic carbocycles. The van der Waals surface area contributed by atoms with Crippen LogP contribution in [-0.2, 0) is 0 Å². The topological polar surface area (TPSA) is 58.6 Å². The lowest BCUT2D eigenvalue weighted by Gasteiger charge is -2.34. The molecule has 0 atom stereocenters. The standard InChI is InChI=1S/C21H20ClFN4O2/c22-17-3-1-2-4-19(17)29-12-11-26-7-9-27(10-8-26)21(28)16-13-15(23)14-18-20(16)25-6-5-24-18/h1-6,13-14H,7-12H2. The number of aromatic nitrogens is 2. The summed E-state index contributed by atoms with van der Waals surface area (Å²) in [6.07, 6.45) is 2.99. The first kappa shape index (κ1) is 19.5. The predicted octanol–water partition coefficient (Wildman–Crippen LogP) is 3.26. The predicted molar refractivity (Wildman–Crippen MR) is 109 cm³/mol. The Balaban J connectivity index is 1.34. The summed E-state index contributed by atoms with van der Waals surface area (Å²) in [5.74, 6) is -0.0410. The summed E-state index contributed by atoms with van der Waals surface area (Å²) >= 11 is 6.09. The average molecular weight is 415 g/mol. The zero-order valence-corrected chi connectivity index (χ0v) is 16.5. The van der Waals surface area contributed by atoms with Crippen LogP contribution in [0.5, 0.6) is 5.75 Å². The van der Waals surface area contributed by atoms with Crippen LogP contribution in [0.4, 0.5) is 4.39 Å². The van der Waals surface area contributed by atoms with Crippen LogP contribution in [0.15, 0.2) is 48.8 Å². The number of hydrogen-bond acceptors (Lipinski definition) is 5. The number of para-hydroxylation sites is 1. The molecule has 0 saturated carbocycles. The van der Waals surface area contributed by atoms with E-state index < -0.39 is 5.82 Å². The largest absolute Gasteiger partial charge is 0.491 e. The molecule has 0 N–H and O–H groups in total. The van der Waals surface area contributed by atoms with E-state index in [1.54, 1.807) is 11.0 Å². The fourth-order valence-electron chi connectivity index (χ4n) is 3.39. The molecule has 0 bridgehead atoms. The molecule has 1 aliphatic rings. The fraction of sp³-hybridized carbons (Fsp3) is 0.286. The fourth-order valence-corrected chi connectivity index (χ4v) is 3.59. The van der Waals surface area contributed by atoms with Gasteiger partial charge in [0.25, 0.3) is 5.91 Å². The van der Waals surface area contributed by atoms with Crippen molar-refractivity contribution in [2.45, 2.75) is 0 Å². The number of halogens is 2. The molecular formula is C21H20ClFN4O2. The van der Waals surface area contributed by atoms with Crippen molar-refractivity contribution in [3.8, 4) is 5.75 Å². The summed E-state index contributed by atoms with van der Waals surface area (Å²) in [6, 6.07) is 9.90. The minimum absolute atomic E-state index is 0.220. The number of nitrogens with zero attached hydrogens (tertiary/aromatic N) is 4. The van der Waals surface area contributed by atoms with Crippen LogP contribution in [0.2, 0.25) is 5.02 Å². The van der Waals surface area contributed by atoms with E-state index >= 15 is 0 Å². The molecule has 8 heteroatoms. The van der Waals surface area contributed by atoms with E-state index in [2.05, 4.69) is 14.9 Å². The van der Waals surface area contributed by atoms with Crippen LogP contribution < -0.4 is 4.74 Å². The number of piperazine rings is 1. The molecule has 0 radical (unpaired) electrons. The maximum atomic E-state index is 13.9. The summed E-state index contributed by atoms with van der Waals surface area (Å²) < 4.78 is 19.7. The van der Waals surface area contributed by atoms with Gasteiger partial charge in [0, 0.05) is 51.2 Å².